The van der Waals surface area contributed by atoms with E-state index in [1.54, 1.807) is 18.5 Å². The summed E-state index contributed by atoms with van der Waals surface area (Å²) in [6.45, 7) is 1.13. The average Bonchev–Trinajstić information content (AvgIpc) is 3.18. The first-order chi connectivity index (χ1) is 10.7. The first-order valence-corrected chi connectivity index (χ1v) is 7.26. The van der Waals surface area contributed by atoms with Crippen molar-refractivity contribution in [3.63, 3.8) is 0 Å². The smallest absolute Gasteiger partial charge is 0.268 e. The van der Waals surface area contributed by atoms with Crippen LogP contribution in [0.2, 0.25) is 5.02 Å². The van der Waals surface area contributed by atoms with E-state index >= 15 is 0 Å². The van der Waals surface area contributed by atoms with Crippen molar-refractivity contribution in [1.82, 2.24) is 20.1 Å². The van der Waals surface area contributed by atoms with Crippen molar-refractivity contribution in [2.75, 3.05) is 0 Å². The second kappa shape index (κ2) is 6.49. The Morgan fingerprint density at radius 3 is 2.77 bits per heavy atom. The Hall–Kier alpha value is -2.53. The van der Waals surface area contributed by atoms with Crippen LogP contribution in [0.15, 0.2) is 55.0 Å². The molecular formula is C16H15ClN4O. The van der Waals surface area contributed by atoms with Crippen LogP contribution >= 0.6 is 11.6 Å². The SMILES string of the molecule is O=C(NCc1ccccc1Cn1cccn1)c1cc(Cl)c[nH]1. The van der Waals surface area contributed by atoms with Crippen molar-refractivity contribution in [2.24, 2.45) is 0 Å². The van der Waals surface area contributed by atoms with E-state index in [2.05, 4.69) is 15.4 Å². The zero-order chi connectivity index (χ0) is 15.4. The minimum Gasteiger partial charge on any atom is -0.356 e. The van der Waals surface area contributed by atoms with Crippen LogP contribution in [-0.2, 0) is 13.1 Å². The zero-order valence-electron chi connectivity index (χ0n) is 11.8. The van der Waals surface area contributed by atoms with Gasteiger partial charge in [0.05, 0.1) is 11.6 Å². The molecule has 6 heteroatoms. The van der Waals surface area contributed by atoms with Crippen LogP contribution in [0.4, 0.5) is 0 Å². The molecule has 0 aliphatic rings. The van der Waals surface area contributed by atoms with Gasteiger partial charge in [-0.25, -0.2) is 0 Å². The maximum absolute atomic E-state index is 12.0. The Bertz CT molecular complexity index is 764. The number of carbonyl (C=O) groups excluding carboxylic acids is 1. The van der Waals surface area contributed by atoms with Crippen LogP contribution in [0.3, 0.4) is 0 Å². The summed E-state index contributed by atoms with van der Waals surface area (Å²) in [7, 11) is 0. The van der Waals surface area contributed by atoms with Gasteiger partial charge in [-0.3, -0.25) is 9.48 Å². The fourth-order valence-electron chi connectivity index (χ4n) is 2.22. The molecule has 1 amide bonds. The van der Waals surface area contributed by atoms with E-state index in [-0.39, 0.29) is 5.91 Å². The van der Waals surface area contributed by atoms with Crippen molar-refractivity contribution >= 4 is 17.5 Å². The summed E-state index contributed by atoms with van der Waals surface area (Å²) in [5.41, 5.74) is 2.63. The van der Waals surface area contributed by atoms with Gasteiger partial charge in [-0.2, -0.15) is 5.10 Å². The highest BCUT2D eigenvalue weighted by Crippen LogP contribution is 2.12. The molecule has 0 radical (unpaired) electrons. The van der Waals surface area contributed by atoms with Gasteiger partial charge >= 0.3 is 0 Å². The van der Waals surface area contributed by atoms with Crippen molar-refractivity contribution in [1.29, 1.82) is 0 Å². The van der Waals surface area contributed by atoms with Crippen LogP contribution in [-0.4, -0.2) is 20.7 Å². The molecule has 0 fully saturated rings. The molecule has 0 saturated carbocycles. The van der Waals surface area contributed by atoms with Gasteiger partial charge in [0.15, 0.2) is 0 Å². The summed E-state index contributed by atoms with van der Waals surface area (Å²) in [5.74, 6) is -0.180. The highest BCUT2D eigenvalue weighted by atomic mass is 35.5. The van der Waals surface area contributed by atoms with Gasteiger partial charge < -0.3 is 10.3 Å². The lowest BCUT2D eigenvalue weighted by atomic mass is 10.1. The molecule has 2 N–H and O–H groups in total. The number of rotatable bonds is 5. The molecule has 3 rings (SSSR count). The van der Waals surface area contributed by atoms with E-state index in [1.807, 2.05) is 41.2 Å². The van der Waals surface area contributed by atoms with Crippen molar-refractivity contribution in [2.45, 2.75) is 13.1 Å². The van der Waals surface area contributed by atoms with E-state index in [9.17, 15) is 4.79 Å². The Kier molecular flexibility index (Phi) is 4.25. The molecule has 1 aromatic carbocycles. The molecule has 112 valence electrons. The lowest BCUT2D eigenvalue weighted by Gasteiger charge is -2.10. The Labute approximate surface area is 132 Å². The van der Waals surface area contributed by atoms with E-state index in [0.29, 0.717) is 23.8 Å². The summed E-state index contributed by atoms with van der Waals surface area (Å²) in [6, 6.07) is 11.5. The fourth-order valence-corrected chi connectivity index (χ4v) is 2.39. The molecule has 0 spiro atoms. The molecule has 0 bridgehead atoms. The van der Waals surface area contributed by atoms with Crippen LogP contribution in [0.5, 0.6) is 0 Å². The van der Waals surface area contributed by atoms with E-state index in [0.717, 1.165) is 11.1 Å². The lowest BCUT2D eigenvalue weighted by molar-refractivity contribution is 0.0946. The number of benzene rings is 1. The number of amides is 1. The second-order valence-electron chi connectivity index (χ2n) is 4.89. The quantitative estimate of drug-likeness (QED) is 0.760. The summed E-state index contributed by atoms with van der Waals surface area (Å²) < 4.78 is 1.85. The van der Waals surface area contributed by atoms with Crippen molar-refractivity contribution < 1.29 is 4.79 Å². The number of aromatic amines is 1. The highest BCUT2D eigenvalue weighted by Gasteiger charge is 2.09. The first kappa shape index (κ1) is 14.4. The van der Waals surface area contributed by atoms with Gasteiger partial charge in [0.2, 0.25) is 0 Å². The Morgan fingerprint density at radius 2 is 2.09 bits per heavy atom. The first-order valence-electron chi connectivity index (χ1n) is 6.89. The van der Waals surface area contributed by atoms with Crippen LogP contribution in [0.25, 0.3) is 0 Å². The van der Waals surface area contributed by atoms with Crippen molar-refractivity contribution in [3.8, 4) is 0 Å². The molecule has 0 atom stereocenters. The average molecular weight is 315 g/mol. The summed E-state index contributed by atoms with van der Waals surface area (Å²) in [4.78, 5) is 14.9. The summed E-state index contributed by atoms with van der Waals surface area (Å²) in [5, 5.41) is 7.62. The van der Waals surface area contributed by atoms with Crippen LogP contribution < -0.4 is 5.32 Å². The Balaban J connectivity index is 1.68. The van der Waals surface area contributed by atoms with Crippen LogP contribution in [0, 0.1) is 0 Å². The molecule has 5 nitrogen and oxygen atoms in total. The number of H-pyrrole nitrogens is 1. The van der Waals surface area contributed by atoms with E-state index in [4.69, 9.17) is 11.6 Å². The number of hydrogen-bond acceptors (Lipinski definition) is 2. The topological polar surface area (TPSA) is 62.7 Å². The third-order valence-electron chi connectivity index (χ3n) is 3.34. The van der Waals surface area contributed by atoms with Crippen LogP contribution in [0.1, 0.15) is 21.6 Å². The third kappa shape index (κ3) is 3.38. The van der Waals surface area contributed by atoms with Gasteiger partial charge in [0.25, 0.3) is 5.91 Å². The zero-order valence-corrected chi connectivity index (χ0v) is 12.5. The number of halogens is 1. The third-order valence-corrected chi connectivity index (χ3v) is 3.56. The number of nitrogens with zero attached hydrogens (tertiary/aromatic N) is 2. The Morgan fingerprint density at radius 1 is 1.27 bits per heavy atom. The lowest BCUT2D eigenvalue weighted by Crippen LogP contribution is -2.23. The molecule has 3 aromatic rings. The highest BCUT2D eigenvalue weighted by molar-refractivity contribution is 6.30. The predicted octanol–water partition coefficient (Wildman–Crippen LogP) is 2.84. The maximum Gasteiger partial charge on any atom is 0.268 e. The summed E-state index contributed by atoms with van der Waals surface area (Å²) in [6.07, 6.45) is 5.25. The molecular weight excluding hydrogens is 300 g/mol. The maximum atomic E-state index is 12.0. The normalized spacial score (nSPS) is 10.6. The van der Waals surface area contributed by atoms with Gasteiger partial charge in [0, 0.05) is 25.1 Å². The van der Waals surface area contributed by atoms with Gasteiger partial charge in [-0.05, 0) is 23.3 Å². The van der Waals surface area contributed by atoms with Gasteiger partial charge in [-0.15, -0.1) is 0 Å². The fraction of sp³-hybridized carbons (Fsp3) is 0.125. The predicted molar refractivity (Wildman–Crippen MR) is 84.7 cm³/mol. The standard InChI is InChI=1S/C16H15ClN4O/c17-14-8-15(18-10-14)16(22)19-9-12-4-1-2-5-13(12)11-21-7-3-6-20-21/h1-8,10,18H,9,11H2,(H,19,22). The largest absolute Gasteiger partial charge is 0.356 e. The molecule has 2 heterocycles. The minimum absolute atomic E-state index is 0.180. The monoisotopic (exact) mass is 314 g/mol. The minimum atomic E-state index is -0.180. The van der Waals surface area contributed by atoms with E-state index < -0.39 is 0 Å². The number of carbonyl (C=O) groups is 1. The molecule has 2 aromatic heterocycles. The molecule has 0 aliphatic carbocycles. The summed E-state index contributed by atoms with van der Waals surface area (Å²) >= 11 is 5.81. The number of nitrogens with one attached hydrogen (secondary N) is 2. The van der Waals surface area contributed by atoms with E-state index in [1.165, 1.54) is 0 Å². The molecule has 0 saturated heterocycles. The molecule has 0 aliphatic heterocycles. The number of hydrogen-bond donors (Lipinski definition) is 2. The molecule has 0 unspecified atom stereocenters. The van der Waals surface area contributed by atoms with Gasteiger partial charge in [0.1, 0.15) is 5.69 Å². The van der Waals surface area contributed by atoms with Gasteiger partial charge in [-0.1, -0.05) is 35.9 Å². The van der Waals surface area contributed by atoms with Crippen molar-refractivity contribution in [3.05, 3.63) is 76.8 Å². The second-order valence-corrected chi connectivity index (χ2v) is 5.32. The molecule has 22 heavy (non-hydrogen) atoms. The number of aromatic nitrogens is 3.